The Morgan fingerprint density at radius 3 is 0.588 bits per heavy atom. The van der Waals surface area contributed by atoms with E-state index in [1.54, 1.807) is 0 Å². The lowest BCUT2D eigenvalue weighted by Crippen LogP contribution is -1.91. The van der Waals surface area contributed by atoms with Gasteiger partial charge in [0.2, 0.25) is 0 Å². The van der Waals surface area contributed by atoms with E-state index in [2.05, 4.69) is 279 Å². The Bertz CT molecular complexity index is 11200. The third kappa shape index (κ3) is 13.8. The van der Waals surface area contributed by atoms with Crippen LogP contribution in [0.1, 0.15) is 9.60 Å². The van der Waals surface area contributed by atoms with Gasteiger partial charge in [0, 0.05) is 64.6 Å². The largest absolute Gasteiger partial charge is 0.455 e. The Labute approximate surface area is 861 Å². The molecular weight excluding hydrogens is 1790 g/mol. The molecule has 0 radical (unpaired) electrons. The quantitative estimate of drug-likeness (QED) is 0.142. The Morgan fingerprint density at radius 2 is 0.311 bits per heavy atom. The summed E-state index contributed by atoms with van der Waals surface area (Å²) in [5.41, 5.74) is 23.8. The van der Waals surface area contributed by atoms with Gasteiger partial charge in [-0.25, -0.2) is 0 Å². The fraction of sp³-hybridized carbons (Fsp3) is 0. The van der Waals surface area contributed by atoms with Gasteiger partial charge in [0.15, 0.2) is 0 Å². The minimum Gasteiger partial charge on any atom is -0.455 e. The van der Waals surface area contributed by atoms with Gasteiger partial charge in [-0.05, 0) is 245 Å². The average molecular weight is 1890 g/mol. The van der Waals surface area contributed by atoms with Gasteiger partial charge < -0.3 is 17.7 Å². The zero-order valence-corrected chi connectivity index (χ0v) is 79.9. The van der Waals surface area contributed by atoms with E-state index in [0.29, 0.717) is 42.3 Å². The first-order valence-corrected chi connectivity index (χ1v) is 50.2. The van der Waals surface area contributed by atoms with Crippen molar-refractivity contribution in [2.24, 2.45) is 0 Å². The first-order valence-electron chi connectivity index (χ1n) is 53.7. The molecule has 0 unspecified atom stereocenters. The standard InChI is InChI=1S/4C36H22O/c4*1-2-12-24(13-3-1)33-26-15-6-8-17-28(26)34(29-18-9-7-16-27(29)33)30-19-10-20-32-35(30)31-22-21-23-11-4-5-14-25(23)36(31)37-32/h4*1-22H/i2*15D,18D;6D,9D;15D. The van der Waals surface area contributed by atoms with Crippen LogP contribution in [0.5, 0.6) is 0 Å². The Kier molecular flexibility index (Phi) is 18.6. The molecular formula is C144H88O4. The van der Waals surface area contributed by atoms with Crippen LogP contribution in [0.2, 0.25) is 0 Å². The maximum atomic E-state index is 9.11. The molecule has 28 aromatic carbocycles. The lowest BCUT2D eigenvalue weighted by Gasteiger charge is -2.18. The van der Waals surface area contributed by atoms with Crippen LogP contribution in [0.4, 0.5) is 0 Å². The summed E-state index contributed by atoms with van der Waals surface area (Å²) in [6.07, 6.45) is 0. The van der Waals surface area contributed by atoms with E-state index in [1.807, 2.05) is 212 Å². The zero-order valence-electron chi connectivity index (χ0n) is 86.9. The summed E-state index contributed by atoms with van der Waals surface area (Å²) in [5.74, 6) is 0. The van der Waals surface area contributed by atoms with Crippen LogP contribution in [0.25, 0.3) is 306 Å². The molecule has 4 heterocycles. The van der Waals surface area contributed by atoms with Crippen LogP contribution in [0.3, 0.4) is 0 Å². The normalized spacial score (nSPS) is 12.4. The number of furan rings is 4. The Balaban J connectivity index is 0.0000000960. The van der Waals surface area contributed by atoms with E-state index in [4.69, 9.17) is 27.3 Å². The highest BCUT2D eigenvalue weighted by Crippen LogP contribution is 2.55. The fourth-order valence-electron chi connectivity index (χ4n) is 23.8. The predicted molar refractivity (Wildman–Crippen MR) is 628 cm³/mol. The van der Waals surface area contributed by atoms with Crippen LogP contribution < -0.4 is 0 Å². The smallest absolute Gasteiger partial charge is 0.143 e. The predicted octanol–water partition coefficient (Wildman–Crippen LogP) is 41.5. The molecule has 0 N–H and O–H groups in total. The van der Waals surface area contributed by atoms with Gasteiger partial charge in [-0.1, -0.05) is 485 Å². The van der Waals surface area contributed by atoms with Crippen LogP contribution in [0, 0.1) is 0 Å². The van der Waals surface area contributed by atoms with E-state index in [1.165, 1.54) is 10.8 Å². The minimum atomic E-state index is 0.465. The van der Waals surface area contributed by atoms with Gasteiger partial charge in [0.1, 0.15) is 44.7 Å². The summed E-state index contributed by atoms with van der Waals surface area (Å²) < 4.78 is 88.5. The summed E-state index contributed by atoms with van der Waals surface area (Å²) in [5, 5.41) is 33.5. The van der Waals surface area contributed by atoms with Gasteiger partial charge in [-0.2, -0.15) is 0 Å². The van der Waals surface area contributed by atoms with Crippen LogP contribution >= 0.6 is 0 Å². The van der Waals surface area contributed by atoms with Gasteiger partial charge in [-0.15, -0.1) is 0 Å². The molecule has 688 valence electrons. The molecule has 0 aliphatic rings. The van der Waals surface area contributed by atoms with Crippen molar-refractivity contribution >= 4 is 217 Å². The molecule has 0 aliphatic carbocycles. The second-order valence-corrected chi connectivity index (χ2v) is 38.0. The highest BCUT2D eigenvalue weighted by atomic mass is 16.3. The lowest BCUT2D eigenvalue weighted by molar-refractivity contribution is 0.672. The van der Waals surface area contributed by atoms with Gasteiger partial charge in [0.05, 0.1) is 9.60 Å². The molecule has 32 aromatic rings. The third-order valence-electron chi connectivity index (χ3n) is 30.0. The molecule has 4 aromatic heterocycles. The van der Waals surface area contributed by atoms with Crippen molar-refractivity contribution in [1.29, 1.82) is 0 Å². The molecule has 0 bridgehead atoms. The molecule has 4 heteroatoms. The van der Waals surface area contributed by atoms with Crippen LogP contribution in [0.15, 0.2) is 551 Å². The molecule has 0 aliphatic heterocycles. The average Bonchev–Trinajstić information content (AvgIpc) is 1.68. The van der Waals surface area contributed by atoms with Crippen molar-refractivity contribution in [3.63, 3.8) is 0 Å². The van der Waals surface area contributed by atoms with Crippen molar-refractivity contribution in [3.05, 3.63) is 534 Å². The van der Waals surface area contributed by atoms with Gasteiger partial charge in [0.25, 0.3) is 0 Å². The maximum absolute atomic E-state index is 9.11. The van der Waals surface area contributed by atoms with E-state index >= 15 is 0 Å². The van der Waals surface area contributed by atoms with E-state index in [9.17, 15) is 0 Å². The monoisotopic (exact) mass is 1890 g/mol. The van der Waals surface area contributed by atoms with Crippen molar-refractivity contribution in [2.45, 2.75) is 0 Å². The number of fused-ring (bicyclic) bond motifs is 28. The molecule has 32 rings (SSSR count). The van der Waals surface area contributed by atoms with Gasteiger partial charge >= 0.3 is 0 Å². The number of rotatable bonds is 8. The highest BCUT2D eigenvalue weighted by molar-refractivity contribution is 6.33. The second kappa shape index (κ2) is 35.3. The number of benzene rings is 28. The first-order chi connectivity index (χ1) is 76.4. The van der Waals surface area contributed by atoms with Crippen LogP contribution in [-0.2, 0) is 0 Å². The SMILES string of the molecule is [2H]c1ccc2c(-c3cccc4oc5c6ccccc6ccc5c34)c3cc([2H])ccc3c(-c3ccccc3)c2c1.[2H]c1cccc2c(-c3cccc4oc5c6ccccc6ccc5c34)c3c([2H])cccc3c(-c3ccccc3)c12.[2H]c1cccc2c(-c3cccc4oc5c6ccccc6ccc5c34)c3c([2H])cccc3c(-c3ccccc3)c12.[2H]c1cccc2c(-c3cccc4oc5c6ccccc6ccc5c34)c3ccccc3c(-c3ccccc3)c12. The van der Waals surface area contributed by atoms with E-state index in [0.717, 1.165) is 295 Å². The molecule has 4 nitrogen and oxygen atoms in total. The second-order valence-electron chi connectivity index (χ2n) is 38.0. The fourth-order valence-corrected chi connectivity index (χ4v) is 23.8. The highest BCUT2D eigenvalue weighted by Gasteiger charge is 2.28. The lowest BCUT2D eigenvalue weighted by atomic mass is 9.85. The van der Waals surface area contributed by atoms with Crippen molar-refractivity contribution in [3.8, 4) is 89.0 Å². The minimum absolute atomic E-state index is 0.465. The number of hydrogen-bond donors (Lipinski definition) is 0. The van der Waals surface area contributed by atoms with Crippen molar-refractivity contribution < 1.29 is 27.3 Å². The molecule has 0 atom stereocenters. The molecule has 0 spiro atoms. The number of hydrogen-bond acceptors (Lipinski definition) is 4. The van der Waals surface area contributed by atoms with E-state index in [-0.39, 0.29) is 0 Å². The third-order valence-corrected chi connectivity index (χ3v) is 30.0. The van der Waals surface area contributed by atoms with Crippen LogP contribution in [-0.4, -0.2) is 0 Å². The topological polar surface area (TPSA) is 52.6 Å². The van der Waals surface area contributed by atoms with Crippen molar-refractivity contribution in [2.75, 3.05) is 0 Å². The van der Waals surface area contributed by atoms with E-state index < -0.39 is 0 Å². The Morgan fingerprint density at radius 1 is 0.122 bits per heavy atom. The zero-order chi connectivity index (χ0) is 103. The molecule has 0 fully saturated rings. The molecule has 0 amide bonds. The summed E-state index contributed by atoms with van der Waals surface area (Å²) in [4.78, 5) is 0. The molecule has 0 saturated carbocycles. The molecule has 148 heavy (non-hydrogen) atoms. The van der Waals surface area contributed by atoms with Crippen molar-refractivity contribution in [1.82, 2.24) is 0 Å². The van der Waals surface area contributed by atoms with Gasteiger partial charge in [-0.3, -0.25) is 0 Å². The summed E-state index contributed by atoms with van der Waals surface area (Å²) in [7, 11) is 0. The Hall–Kier alpha value is -19.5. The maximum Gasteiger partial charge on any atom is 0.143 e. The molecule has 0 saturated heterocycles. The summed E-state index contributed by atoms with van der Waals surface area (Å²) in [6, 6.07) is 170. The first kappa shape index (κ1) is 78.1. The summed E-state index contributed by atoms with van der Waals surface area (Å²) in [6.45, 7) is 0. The summed E-state index contributed by atoms with van der Waals surface area (Å²) >= 11 is 0.